The van der Waals surface area contributed by atoms with Crippen molar-refractivity contribution in [2.24, 2.45) is 0 Å². The Labute approximate surface area is 131 Å². The Morgan fingerprint density at radius 3 is 2.43 bits per heavy atom. The predicted octanol–water partition coefficient (Wildman–Crippen LogP) is 5.41. The Morgan fingerprint density at radius 1 is 0.913 bits per heavy atom. The van der Waals surface area contributed by atoms with E-state index in [4.69, 9.17) is 0 Å². The van der Waals surface area contributed by atoms with Crippen molar-refractivity contribution in [3.05, 3.63) is 65.4 Å². The number of rotatable bonds is 1. The van der Waals surface area contributed by atoms with Gasteiger partial charge in [-0.2, -0.15) is 13.2 Å². The van der Waals surface area contributed by atoms with Gasteiger partial charge in [-0.15, -0.1) is 0 Å². The van der Waals surface area contributed by atoms with E-state index >= 15 is 0 Å². The SMILES string of the molecule is FC(F)(F)c1ccc2nc3c(c(-c4ccccc4)c2c1)CCC3. The van der Waals surface area contributed by atoms with E-state index in [-0.39, 0.29) is 0 Å². The van der Waals surface area contributed by atoms with Gasteiger partial charge >= 0.3 is 6.18 Å². The summed E-state index contributed by atoms with van der Waals surface area (Å²) in [5, 5.41) is 0.590. The van der Waals surface area contributed by atoms with Crippen LogP contribution >= 0.6 is 0 Å². The number of benzene rings is 2. The molecule has 2 aromatic carbocycles. The molecule has 0 radical (unpaired) electrons. The fraction of sp³-hybridized carbons (Fsp3) is 0.211. The maximum atomic E-state index is 13.1. The highest BCUT2D eigenvalue weighted by Gasteiger charge is 2.31. The van der Waals surface area contributed by atoms with Gasteiger partial charge in [-0.3, -0.25) is 4.98 Å². The first-order valence-corrected chi connectivity index (χ1v) is 7.62. The summed E-state index contributed by atoms with van der Waals surface area (Å²) in [6.07, 6.45) is -1.57. The second-order valence-corrected chi connectivity index (χ2v) is 5.86. The highest BCUT2D eigenvalue weighted by atomic mass is 19.4. The van der Waals surface area contributed by atoms with Crippen molar-refractivity contribution in [1.29, 1.82) is 0 Å². The number of aromatic nitrogens is 1. The summed E-state index contributed by atoms with van der Waals surface area (Å²) in [4.78, 5) is 4.60. The van der Waals surface area contributed by atoms with Gasteiger partial charge in [-0.05, 0) is 54.2 Å². The van der Waals surface area contributed by atoms with Gasteiger partial charge in [-0.25, -0.2) is 0 Å². The van der Waals surface area contributed by atoms with Crippen LogP contribution in [-0.2, 0) is 19.0 Å². The molecule has 23 heavy (non-hydrogen) atoms. The van der Waals surface area contributed by atoms with E-state index in [1.165, 1.54) is 12.1 Å². The van der Waals surface area contributed by atoms with Crippen molar-refractivity contribution >= 4 is 10.9 Å². The van der Waals surface area contributed by atoms with E-state index in [1.54, 1.807) is 0 Å². The molecule has 0 aliphatic heterocycles. The van der Waals surface area contributed by atoms with Gasteiger partial charge in [0.25, 0.3) is 0 Å². The lowest BCUT2D eigenvalue weighted by molar-refractivity contribution is -0.137. The number of halogens is 3. The summed E-state index contributed by atoms with van der Waals surface area (Å²) in [7, 11) is 0. The standard InChI is InChI=1S/C19H14F3N/c20-19(21,22)13-9-10-17-15(11-13)18(12-5-2-1-3-6-12)14-7-4-8-16(14)23-17/h1-3,5-6,9-11H,4,7-8H2. The number of hydrogen-bond acceptors (Lipinski definition) is 1. The number of hydrogen-bond donors (Lipinski definition) is 0. The van der Waals surface area contributed by atoms with Gasteiger partial charge in [0.05, 0.1) is 11.1 Å². The fourth-order valence-corrected chi connectivity index (χ4v) is 3.37. The van der Waals surface area contributed by atoms with Crippen LogP contribution in [0.15, 0.2) is 48.5 Å². The molecule has 0 fully saturated rings. The average molecular weight is 313 g/mol. The molecular weight excluding hydrogens is 299 g/mol. The fourth-order valence-electron chi connectivity index (χ4n) is 3.37. The van der Waals surface area contributed by atoms with Gasteiger partial charge in [0.1, 0.15) is 0 Å². The van der Waals surface area contributed by atoms with Gasteiger partial charge in [0, 0.05) is 11.1 Å². The summed E-state index contributed by atoms with van der Waals surface area (Å²) in [5.41, 5.74) is 4.00. The highest BCUT2D eigenvalue weighted by Crippen LogP contribution is 2.39. The zero-order valence-corrected chi connectivity index (χ0v) is 12.3. The Hall–Kier alpha value is -2.36. The summed E-state index contributed by atoms with van der Waals surface area (Å²) in [5.74, 6) is 0. The lowest BCUT2D eigenvalue weighted by atomic mass is 9.94. The molecule has 116 valence electrons. The maximum absolute atomic E-state index is 13.1. The van der Waals surface area contributed by atoms with Gasteiger partial charge in [0.15, 0.2) is 0 Å². The van der Waals surface area contributed by atoms with Crippen LogP contribution in [0, 0.1) is 0 Å². The predicted molar refractivity (Wildman–Crippen MR) is 84.2 cm³/mol. The normalized spacial score (nSPS) is 14.2. The first-order chi connectivity index (χ1) is 11.0. The van der Waals surface area contributed by atoms with Crippen molar-refractivity contribution in [1.82, 2.24) is 4.98 Å². The van der Waals surface area contributed by atoms with Crippen LogP contribution in [-0.4, -0.2) is 4.98 Å². The van der Waals surface area contributed by atoms with E-state index in [1.807, 2.05) is 30.3 Å². The zero-order valence-electron chi connectivity index (χ0n) is 12.3. The third kappa shape index (κ3) is 2.38. The Bertz CT molecular complexity index is 882. The zero-order chi connectivity index (χ0) is 16.0. The van der Waals surface area contributed by atoms with E-state index in [2.05, 4.69) is 4.98 Å². The van der Waals surface area contributed by atoms with Crippen LogP contribution in [0.25, 0.3) is 22.0 Å². The van der Waals surface area contributed by atoms with Crippen LogP contribution < -0.4 is 0 Å². The first-order valence-electron chi connectivity index (χ1n) is 7.62. The van der Waals surface area contributed by atoms with Crippen LogP contribution in [0.2, 0.25) is 0 Å². The largest absolute Gasteiger partial charge is 0.416 e. The van der Waals surface area contributed by atoms with Crippen molar-refractivity contribution in [2.45, 2.75) is 25.4 Å². The minimum Gasteiger partial charge on any atom is -0.253 e. The quantitative estimate of drug-likeness (QED) is 0.585. The monoisotopic (exact) mass is 313 g/mol. The molecule has 1 nitrogen and oxygen atoms in total. The van der Waals surface area contributed by atoms with Crippen LogP contribution in [0.5, 0.6) is 0 Å². The number of aryl methyl sites for hydroxylation is 1. The van der Waals surface area contributed by atoms with Crippen molar-refractivity contribution in [2.75, 3.05) is 0 Å². The van der Waals surface area contributed by atoms with Crippen molar-refractivity contribution in [3.8, 4) is 11.1 Å². The van der Waals surface area contributed by atoms with Crippen molar-refractivity contribution < 1.29 is 13.2 Å². The van der Waals surface area contributed by atoms with Gasteiger partial charge in [0.2, 0.25) is 0 Å². The van der Waals surface area contributed by atoms with E-state index in [9.17, 15) is 13.2 Å². The number of pyridine rings is 1. The van der Waals surface area contributed by atoms with Crippen molar-refractivity contribution in [3.63, 3.8) is 0 Å². The molecule has 0 saturated carbocycles. The second kappa shape index (κ2) is 5.08. The molecule has 0 bridgehead atoms. The molecule has 0 unspecified atom stereocenters. The highest BCUT2D eigenvalue weighted by molar-refractivity contribution is 5.97. The minimum atomic E-state index is -4.35. The maximum Gasteiger partial charge on any atom is 0.416 e. The Morgan fingerprint density at radius 2 is 1.70 bits per heavy atom. The molecule has 1 aliphatic carbocycles. The lowest BCUT2D eigenvalue weighted by Gasteiger charge is -2.15. The average Bonchev–Trinajstić information content (AvgIpc) is 2.99. The molecule has 0 spiro atoms. The third-order valence-electron chi connectivity index (χ3n) is 4.40. The van der Waals surface area contributed by atoms with E-state index < -0.39 is 11.7 Å². The first kappa shape index (κ1) is 14.2. The molecule has 4 rings (SSSR count). The lowest BCUT2D eigenvalue weighted by Crippen LogP contribution is -2.05. The Kier molecular flexibility index (Phi) is 3.15. The number of nitrogens with zero attached hydrogens (tertiary/aromatic N) is 1. The molecule has 3 aromatic rings. The summed E-state index contributed by atoms with van der Waals surface area (Å²) >= 11 is 0. The molecule has 1 aromatic heterocycles. The molecule has 1 aliphatic rings. The van der Waals surface area contributed by atoms with Gasteiger partial charge in [-0.1, -0.05) is 30.3 Å². The van der Waals surface area contributed by atoms with E-state index in [0.717, 1.165) is 47.7 Å². The van der Waals surface area contributed by atoms with Crippen LogP contribution in [0.4, 0.5) is 13.2 Å². The number of fused-ring (bicyclic) bond motifs is 2. The van der Waals surface area contributed by atoms with Crippen LogP contribution in [0.1, 0.15) is 23.2 Å². The molecule has 0 N–H and O–H groups in total. The Balaban J connectivity index is 2.08. The molecule has 0 saturated heterocycles. The van der Waals surface area contributed by atoms with Crippen LogP contribution in [0.3, 0.4) is 0 Å². The third-order valence-corrected chi connectivity index (χ3v) is 4.40. The van der Waals surface area contributed by atoms with E-state index in [0.29, 0.717) is 10.9 Å². The van der Waals surface area contributed by atoms with Gasteiger partial charge < -0.3 is 0 Å². The molecule has 1 heterocycles. The summed E-state index contributed by atoms with van der Waals surface area (Å²) in [6, 6.07) is 13.5. The number of alkyl halides is 3. The minimum absolute atomic E-state index is 0.590. The topological polar surface area (TPSA) is 12.9 Å². The molecular formula is C19H14F3N. The smallest absolute Gasteiger partial charge is 0.253 e. The second-order valence-electron chi connectivity index (χ2n) is 5.86. The molecule has 0 amide bonds. The summed E-state index contributed by atoms with van der Waals surface area (Å²) in [6.45, 7) is 0. The molecule has 4 heteroatoms. The summed E-state index contributed by atoms with van der Waals surface area (Å²) < 4.78 is 39.3. The molecule has 0 atom stereocenters.